The third-order valence-electron chi connectivity index (χ3n) is 4.52. The molecule has 1 saturated carbocycles. The molecule has 2 rings (SSSR count). The molecule has 0 aromatic carbocycles. The molecule has 0 saturated heterocycles. The van der Waals surface area contributed by atoms with Crippen LogP contribution < -0.4 is 5.32 Å². The Balaban J connectivity index is 1.96. The normalized spacial score (nSPS) is 17.7. The van der Waals surface area contributed by atoms with Gasteiger partial charge >= 0.3 is 5.97 Å². The predicted octanol–water partition coefficient (Wildman–Crippen LogP) is 2.60. The number of amides is 1. The molecule has 6 nitrogen and oxygen atoms in total. The summed E-state index contributed by atoms with van der Waals surface area (Å²) in [6, 6.07) is 1.91. The molecule has 1 aliphatic rings. The van der Waals surface area contributed by atoms with E-state index in [2.05, 4.69) is 36.3 Å². The number of carbonyl (C=O) groups excluding carboxylic acids is 1. The van der Waals surface area contributed by atoms with Gasteiger partial charge in [0, 0.05) is 5.41 Å². The van der Waals surface area contributed by atoms with Crippen molar-refractivity contribution in [3.63, 3.8) is 0 Å². The Labute approximate surface area is 137 Å². The molecular weight excluding hydrogens is 294 g/mol. The van der Waals surface area contributed by atoms with Crippen molar-refractivity contribution in [1.82, 2.24) is 15.5 Å². The average Bonchev–Trinajstić information content (AvgIpc) is 2.95. The third-order valence-corrected chi connectivity index (χ3v) is 4.52. The SMILES string of the molecule is CC(C)(C)c1cc(CNC(=O)[C@H](C(=O)O)C2CCCCC2)[nH]n1. The number of rotatable bonds is 5. The van der Waals surface area contributed by atoms with Crippen molar-refractivity contribution in [3.8, 4) is 0 Å². The first-order valence-electron chi connectivity index (χ1n) is 8.34. The van der Waals surface area contributed by atoms with E-state index in [0.29, 0.717) is 0 Å². The molecule has 0 spiro atoms. The van der Waals surface area contributed by atoms with Crippen molar-refractivity contribution in [2.75, 3.05) is 0 Å². The second-order valence-corrected chi connectivity index (χ2v) is 7.46. The van der Waals surface area contributed by atoms with Gasteiger partial charge in [0.2, 0.25) is 5.91 Å². The lowest BCUT2D eigenvalue weighted by Gasteiger charge is -2.26. The summed E-state index contributed by atoms with van der Waals surface area (Å²) in [6.45, 7) is 6.47. The Kier molecular flexibility index (Phi) is 5.44. The Morgan fingerprint density at radius 1 is 1.35 bits per heavy atom. The standard InChI is InChI=1S/C17H27N3O3/c1-17(2,3)13-9-12(19-20-13)10-18-15(21)14(16(22)23)11-7-5-4-6-8-11/h9,11,14H,4-8,10H2,1-3H3,(H,18,21)(H,19,20)(H,22,23)/t14-/m1/s1. The van der Waals surface area contributed by atoms with Crippen LogP contribution >= 0.6 is 0 Å². The number of carboxylic acids is 1. The van der Waals surface area contributed by atoms with Crippen LogP contribution in [0.15, 0.2) is 6.07 Å². The van der Waals surface area contributed by atoms with Crippen LogP contribution in [0.3, 0.4) is 0 Å². The second-order valence-electron chi connectivity index (χ2n) is 7.46. The second kappa shape index (κ2) is 7.15. The highest BCUT2D eigenvalue weighted by molar-refractivity contribution is 5.97. The first-order chi connectivity index (χ1) is 10.8. The predicted molar refractivity (Wildman–Crippen MR) is 86.8 cm³/mol. The van der Waals surface area contributed by atoms with Crippen LogP contribution in [0.5, 0.6) is 0 Å². The highest BCUT2D eigenvalue weighted by Crippen LogP contribution is 2.30. The van der Waals surface area contributed by atoms with E-state index in [4.69, 9.17) is 0 Å². The minimum absolute atomic E-state index is 0.0480. The van der Waals surface area contributed by atoms with Crippen LogP contribution in [0, 0.1) is 11.8 Å². The monoisotopic (exact) mass is 321 g/mol. The summed E-state index contributed by atoms with van der Waals surface area (Å²) in [6.07, 6.45) is 4.80. The minimum Gasteiger partial charge on any atom is -0.481 e. The fourth-order valence-electron chi connectivity index (χ4n) is 3.12. The molecule has 1 atom stereocenters. The Morgan fingerprint density at radius 2 is 2.00 bits per heavy atom. The molecular formula is C17H27N3O3. The van der Waals surface area contributed by atoms with Crippen molar-refractivity contribution in [3.05, 3.63) is 17.5 Å². The zero-order valence-electron chi connectivity index (χ0n) is 14.2. The zero-order chi connectivity index (χ0) is 17.0. The van der Waals surface area contributed by atoms with Gasteiger partial charge in [0.15, 0.2) is 0 Å². The van der Waals surface area contributed by atoms with E-state index in [0.717, 1.165) is 43.5 Å². The Hall–Kier alpha value is -1.85. The summed E-state index contributed by atoms with van der Waals surface area (Å²) in [5.41, 5.74) is 1.64. The lowest BCUT2D eigenvalue weighted by Crippen LogP contribution is -2.40. The van der Waals surface area contributed by atoms with E-state index < -0.39 is 17.8 Å². The number of carbonyl (C=O) groups is 2. The molecule has 1 aliphatic carbocycles. The third kappa shape index (κ3) is 4.56. The quantitative estimate of drug-likeness (QED) is 0.726. The Bertz CT molecular complexity index is 554. The van der Waals surface area contributed by atoms with Gasteiger partial charge in [-0.25, -0.2) is 0 Å². The van der Waals surface area contributed by atoms with Crippen LogP contribution in [-0.4, -0.2) is 27.2 Å². The maximum atomic E-state index is 12.3. The van der Waals surface area contributed by atoms with Crippen LogP contribution in [0.25, 0.3) is 0 Å². The maximum absolute atomic E-state index is 12.3. The van der Waals surface area contributed by atoms with Crippen LogP contribution in [0.4, 0.5) is 0 Å². The fraction of sp³-hybridized carbons (Fsp3) is 0.706. The van der Waals surface area contributed by atoms with E-state index in [-0.39, 0.29) is 17.9 Å². The highest BCUT2D eigenvalue weighted by Gasteiger charge is 2.35. The number of nitrogens with zero attached hydrogens (tertiary/aromatic N) is 1. The summed E-state index contributed by atoms with van der Waals surface area (Å²) in [5, 5.41) is 19.3. The van der Waals surface area contributed by atoms with Gasteiger partial charge in [-0.2, -0.15) is 5.10 Å². The Morgan fingerprint density at radius 3 is 2.52 bits per heavy atom. The van der Waals surface area contributed by atoms with Gasteiger partial charge in [0.25, 0.3) is 0 Å². The van der Waals surface area contributed by atoms with Gasteiger partial charge < -0.3 is 10.4 Å². The number of hydrogen-bond acceptors (Lipinski definition) is 3. The largest absolute Gasteiger partial charge is 0.481 e. The topological polar surface area (TPSA) is 95.1 Å². The smallest absolute Gasteiger partial charge is 0.316 e. The van der Waals surface area contributed by atoms with E-state index in [1.807, 2.05) is 6.07 Å². The molecule has 1 aromatic rings. The van der Waals surface area contributed by atoms with Crippen LogP contribution in [0.2, 0.25) is 0 Å². The average molecular weight is 321 g/mol. The number of hydrogen-bond donors (Lipinski definition) is 3. The summed E-state index contributed by atoms with van der Waals surface area (Å²) < 4.78 is 0. The molecule has 0 aliphatic heterocycles. The van der Waals surface area contributed by atoms with Crippen molar-refractivity contribution < 1.29 is 14.7 Å². The molecule has 0 radical (unpaired) electrons. The lowest BCUT2D eigenvalue weighted by atomic mass is 9.79. The van der Waals surface area contributed by atoms with E-state index in [1.165, 1.54) is 0 Å². The van der Waals surface area contributed by atoms with Gasteiger partial charge in [0.1, 0.15) is 5.92 Å². The number of aliphatic carboxylic acids is 1. The van der Waals surface area contributed by atoms with Crippen molar-refractivity contribution >= 4 is 11.9 Å². The van der Waals surface area contributed by atoms with E-state index in [1.54, 1.807) is 0 Å². The number of carboxylic acid groups (broad SMARTS) is 1. The van der Waals surface area contributed by atoms with Gasteiger partial charge in [-0.3, -0.25) is 14.7 Å². The lowest BCUT2D eigenvalue weighted by molar-refractivity contribution is -0.150. The number of aromatic nitrogens is 2. The summed E-state index contributed by atoms with van der Waals surface area (Å²) in [7, 11) is 0. The number of aromatic amines is 1. The van der Waals surface area contributed by atoms with Crippen LogP contribution in [-0.2, 0) is 21.5 Å². The van der Waals surface area contributed by atoms with E-state index in [9.17, 15) is 14.7 Å². The molecule has 1 aromatic heterocycles. The number of H-pyrrole nitrogens is 1. The summed E-state index contributed by atoms with van der Waals surface area (Å²) in [4.78, 5) is 23.8. The van der Waals surface area contributed by atoms with Crippen molar-refractivity contribution in [2.45, 2.75) is 64.8 Å². The first kappa shape index (κ1) is 17.5. The van der Waals surface area contributed by atoms with Gasteiger partial charge in [-0.15, -0.1) is 0 Å². The summed E-state index contributed by atoms with van der Waals surface area (Å²) in [5.74, 6) is -2.40. The molecule has 6 heteroatoms. The molecule has 23 heavy (non-hydrogen) atoms. The van der Waals surface area contributed by atoms with Crippen molar-refractivity contribution in [2.24, 2.45) is 11.8 Å². The molecule has 1 heterocycles. The summed E-state index contributed by atoms with van der Waals surface area (Å²) >= 11 is 0. The molecule has 1 fully saturated rings. The van der Waals surface area contributed by atoms with Crippen LogP contribution in [0.1, 0.15) is 64.3 Å². The molecule has 3 N–H and O–H groups in total. The van der Waals surface area contributed by atoms with E-state index >= 15 is 0 Å². The van der Waals surface area contributed by atoms with Gasteiger partial charge in [-0.1, -0.05) is 40.0 Å². The van der Waals surface area contributed by atoms with Gasteiger partial charge in [0.05, 0.1) is 17.9 Å². The van der Waals surface area contributed by atoms with Gasteiger partial charge in [-0.05, 0) is 24.8 Å². The number of nitrogens with one attached hydrogen (secondary N) is 2. The fourth-order valence-corrected chi connectivity index (χ4v) is 3.12. The minimum atomic E-state index is -1.02. The highest BCUT2D eigenvalue weighted by atomic mass is 16.4. The molecule has 0 bridgehead atoms. The maximum Gasteiger partial charge on any atom is 0.316 e. The first-order valence-corrected chi connectivity index (χ1v) is 8.34. The molecule has 128 valence electrons. The van der Waals surface area contributed by atoms with Crippen molar-refractivity contribution in [1.29, 1.82) is 0 Å². The molecule has 0 unspecified atom stereocenters. The zero-order valence-corrected chi connectivity index (χ0v) is 14.2. The molecule has 1 amide bonds.